The minimum Gasteiger partial charge on any atom is -0.656 e. The Bertz CT molecular complexity index is 185. The summed E-state index contributed by atoms with van der Waals surface area (Å²) in [6.45, 7) is 9.49. The zero-order valence-corrected chi connectivity index (χ0v) is 14.0. The van der Waals surface area contributed by atoms with Crippen LogP contribution in [0.4, 0.5) is 0 Å². The Hall–Kier alpha value is 0.574. The number of nitrogens with zero attached hydrogens (tertiary/aromatic N) is 1. The largest absolute Gasteiger partial charge is 0.656 e. The van der Waals surface area contributed by atoms with Gasteiger partial charge in [-0.3, -0.25) is 0 Å². The van der Waals surface area contributed by atoms with E-state index in [9.17, 15) is 4.79 Å². The van der Waals surface area contributed by atoms with E-state index in [4.69, 9.17) is 0 Å². The first kappa shape index (κ1) is 18.9. The van der Waals surface area contributed by atoms with Gasteiger partial charge in [0.15, 0.2) is 0 Å². The van der Waals surface area contributed by atoms with Gasteiger partial charge in [-0.15, -0.1) is 7.05 Å². The molecule has 0 aliphatic heterocycles. The summed E-state index contributed by atoms with van der Waals surface area (Å²) in [5.41, 5.74) is 0. The van der Waals surface area contributed by atoms with Gasteiger partial charge in [-0.05, 0) is 37.0 Å². The first-order valence-corrected chi connectivity index (χ1v) is 5.96. The van der Waals surface area contributed by atoms with Crippen LogP contribution >= 0.6 is 0 Å². The summed E-state index contributed by atoms with van der Waals surface area (Å²) in [5, 5.41) is 3.68. The van der Waals surface area contributed by atoms with Crippen molar-refractivity contribution < 1.29 is 37.5 Å². The molecule has 0 saturated heterocycles. The molecule has 0 bridgehead atoms. The van der Waals surface area contributed by atoms with Gasteiger partial charge in [-0.1, -0.05) is 20.3 Å². The molecule has 1 aliphatic carbocycles. The molecule has 2 nitrogen and oxygen atoms in total. The topological polar surface area (TPSA) is 31.2 Å². The third kappa shape index (κ3) is 7.01. The van der Waals surface area contributed by atoms with E-state index in [-0.39, 0.29) is 38.6 Å². The van der Waals surface area contributed by atoms with Gasteiger partial charge in [-0.2, -0.15) is 6.92 Å². The molecule has 1 fully saturated rings. The molecule has 0 N–H and O–H groups in total. The van der Waals surface area contributed by atoms with Gasteiger partial charge >= 0.3 is 0 Å². The molecule has 1 radical (unpaired) electrons. The maximum atomic E-state index is 11.1. The fourth-order valence-electron chi connectivity index (χ4n) is 2.30. The second-order valence-corrected chi connectivity index (χ2v) is 4.48. The van der Waals surface area contributed by atoms with Crippen LogP contribution in [0.2, 0.25) is 0 Å². The molecule has 0 heterocycles. The molecule has 0 aromatic heterocycles. The molecule has 1 saturated carbocycles. The first-order valence-electron chi connectivity index (χ1n) is 5.96. The zero-order chi connectivity index (χ0) is 11.8. The summed E-state index contributed by atoms with van der Waals surface area (Å²) in [5.74, 6) is 2.22. The van der Waals surface area contributed by atoms with Crippen LogP contribution in [0, 0.1) is 24.7 Å². The molecule has 1 aliphatic rings. The van der Waals surface area contributed by atoms with E-state index in [1.165, 1.54) is 19.3 Å². The third-order valence-corrected chi connectivity index (χ3v) is 3.29. The molecule has 3 atom stereocenters. The SMILES string of the molecule is C[N-]C(=O)CC(C)[C@H]1CC[C@@H](C)C1.[CH2-]C.[Y]. The summed E-state index contributed by atoms with van der Waals surface area (Å²) >= 11 is 0. The summed E-state index contributed by atoms with van der Waals surface area (Å²) < 4.78 is 0. The predicted octanol–water partition coefficient (Wildman–Crippen LogP) is 3.82. The van der Waals surface area contributed by atoms with Crippen molar-refractivity contribution in [3.63, 3.8) is 0 Å². The van der Waals surface area contributed by atoms with Crippen LogP contribution in [-0.2, 0) is 37.5 Å². The van der Waals surface area contributed by atoms with E-state index in [0.29, 0.717) is 12.3 Å². The number of hydrogen-bond acceptors (Lipinski definition) is 1. The molecule has 0 aromatic rings. The van der Waals surface area contributed by atoms with Crippen molar-refractivity contribution in [1.82, 2.24) is 0 Å². The van der Waals surface area contributed by atoms with Gasteiger partial charge in [0.25, 0.3) is 0 Å². The maximum absolute atomic E-state index is 11.1. The molecule has 0 spiro atoms. The number of rotatable bonds is 3. The molecular weight excluding hydrogens is 275 g/mol. The quantitative estimate of drug-likeness (QED) is 0.729. The zero-order valence-electron chi connectivity index (χ0n) is 11.2. The second-order valence-electron chi connectivity index (χ2n) is 4.48. The van der Waals surface area contributed by atoms with Crippen molar-refractivity contribution in [2.45, 2.75) is 46.5 Å². The van der Waals surface area contributed by atoms with Crippen LogP contribution in [0.3, 0.4) is 0 Å². The minimum atomic E-state index is 0. The Kier molecular flexibility index (Phi) is 12.7. The molecule has 0 aromatic carbocycles. The van der Waals surface area contributed by atoms with E-state index in [2.05, 4.69) is 26.1 Å². The fourth-order valence-corrected chi connectivity index (χ4v) is 2.30. The van der Waals surface area contributed by atoms with Gasteiger partial charge < -0.3 is 17.0 Å². The van der Waals surface area contributed by atoms with Crippen molar-refractivity contribution in [3.8, 4) is 0 Å². The summed E-state index contributed by atoms with van der Waals surface area (Å²) in [6.07, 6.45) is 4.60. The molecule has 1 rings (SSSR count). The molecular formula is C13H25NOY-2. The number of carbonyl (C=O) groups excluding carboxylic acids is 1. The van der Waals surface area contributed by atoms with E-state index in [0.717, 1.165) is 11.8 Å². The smallest absolute Gasteiger partial charge is 0.0512 e. The Morgan fingerprint density at radius 2 is 2.00 bits per heavy atom. The number of hydrogen-bond donors (Lipinski definition) is 0. The summed E-state index contributed by atoms with van der Waals surface area (Å²) in [6, 6.07) is 0. The summed E-state index contributed by atoms with van der Waals surface area (Å²) in [7, 11) is 1.59. The van der Waals surface area contributed by atoms with Gasteiger partial charge in [0.05, 0.1) is 5.91 Å². The standard InChI is InChI=1S/C11H21NO.C2H5.Y/c1-8-4-5-10(6-8)9(2)7-11(13)12-3;1-2;/h8-10H,4-7H2,1-3H3,(H,12,13);1H2,2H3;/q;-1;/p-1/t8-,9?,10+;;/m1../s1. The van der Waals surface area contributed by atoms with Crippen LogP contribution in [0.5, 0.6) is 0 Å². The van der Waals surface area contributed by atoms with Crippen molar-refractivity contribution in [2.24, 2.45) is 17.8 Å². The molecule has 93 valence electrons. The van der Waals surface area contributed by atoms with Crippen molar-refractivity contribution in [3.05, 3.63) is 12.2 Å². The molecule has 3 heteroatoms. The van der Waals surface area contributed by atoms with E-state index in [1.54, 1.807) is 14.0 Å². The monoisotopic (exact) mass is 300 g/mol. The molecule has 1 amide bonds. The van der Waals surface area contributed by atoms with Crippen LogP contribution < -0.4 is 0 Å². The van der Waals surface area contributed by atoms with Crippen LogP contribution in [0.1, 0.15) is 46.5 Å². The minimum absolute atomic E-state index is 0. The normalized spacial score (nSPS) is 24.8. The Morgan fingerprint density at radius 1 is 1.44 bits per heavy atom. The summed E-state index contributed by atoms with van der Waals surface area (Å²) in [4.78, 5) is 11.1. The van der Waals surface area contributed by atoms with Crippen molar-refractivity contribution >= 4 is 5.91 Å². The van der Waals surface area contributed by atoms with Crippen molar-refractivity contribution in [1.29, 1.82) is 0 Å². The molecule has 16 heavy (non-hydrogen) atoms. The van der Waals surface area contributed by atoms with E-state index < -0.39 is 0 Å². The average molecular weight is 300 g/mol. The van der Waals surface area contributed by atoms with Gasteiger partial charge in [0.2, 0.25) is 0 Å². The maximum Gasteiger partial charge on any atom is 0.0512 e. The fraction of sp³-hybridized carbons (Fsp3) is 0.846. The Morgan fingerprint density at radius 3 is 2.38 bits per heavy atom. The second kappa shape index (κ2) is 10.7. The third-order valence-electron chi connectivity index (χ3n) is 3.29. The average Bonchev–Trinajstić information content (AvgIpc) is 2.67. The first-order chi connectivity index (χ1) is 7.13. The number of amides is 1. The Labute approximate surface area is 126 Å². The van der Waals surface area contributed by atoms with Gasteiger partial charge in [0.1, 0.15) is 0 Å². The predicted molar refractivity (Wildman–Crippen MR) is 65.6 cm³/mol. The van der Waals surface area contributed by atoms with E-state index >= 15 is 0 Å². The van der Waals surface area contributed by atoms with Crippen LogP contribution in [0.25, 0.3) is 5.32 Å². The van der Waals surface area contributed by atoms with Crippen LogP contribution in [-0.4, -0.2) is 13.0 Å². The van der Waals surface area contributed by atoms with Crippen LogP contribution in [0.15, 0.2) is 0 Å². The Balaban J connectivity index is 0. The number of carbonyl (C=O) groups is 1. The van der Waals surface area contributed by atoms with Crippen molar-refractivity contribution in [2.75, 3.05) is 7.05 Å². The van der Waals surface area contributed by atoms with E-state index in [1.807, 2.05) is 0 Å². The molecule has 1 unspecified atom stereocenters. The van der Waals surface area contributed by atoms with Gasteiger partial charge in [0, 0.05) is 32.7 Å². The van der Waals surface area contributed by atoms with Gasteiger partial charge in [-0.25, -0.2) is 0 Å².